The summed E-state index contributed by atoms with van der Waals surface area (Å²) in [6.45, 7) is 4.28. The van der Waals surface area contributed by atoms with E-state index in [0.717, 1.165) is 23.4 Å². The summed E-state index contributed by atoms with van der Waals surface area (Å²) in [6, 6.07) is 10.7. The lowest BCUT2D eigenvalue weighted by Gasteiger charge is -2.13. The van der Waals surface area contributed by atoms with Gasteiger partial charge in [0.15, 0.2) is 0 Å². The molecule has 0 saturated carbocycles. The second-order valence-corrected chi connectivity index (χ2v) is 5.38. The van der Waals surface area contributed by atoms with Gasteiger partial charge in [-0.1, -0.05) is 24.6 Å². The summed E-state index contributed by atoms with van der Waals surface area (Å²) >= 11 is 6.10. The summed E-state index contributed by atoms with van der Waals surface area (Å²) in [4.78, 5) is 11.8. The van der Waals surface area contributed by atoms with Crippen molar-refractivity contribution in [3.8, 4) is 0 Å². The van der Waals surface area contributed by atoms with Crippen molar-refractivity contribution in [1.29, 1.82) is 0 Å². The van der Waals surface area contributed by atoms with Crippen molar-refractivity contribution in [2.45, 2.75) is 20.3 Å². The second-order valence-electron chi connectivity index (χ2n) is 4.98. The molecule has 2 aromatic rings. The van der Waals surface area contributed by atoms with Crippen molar-refractivity contribution in [3.05, 3.63) is 52.5 Å². The third kappa shape index (κ3) is 3.71. The highest BCUT2D eigenvalue weighted by Crippen LogP contribution is 2.29. The molecule has 116 valence electrons. The van der Waals surface area contributed by atoms with Crippen LogP contribution in [0.25, 0.3) is 0 Å². The molecule has 0 radical (unpaired) electrons. The highest BCUT2D eigenvalue weighted by Gasteiger charge is 2.10. The molecule has 0 unspecified atom stereocenters. The first-order valence-electron chi connectivity index (χ1n) is 7.11. The summed E-state index contributed by atoms with van der Waals surface area (Å²) in [5.74, 6) is -0.362. The number of carbonyl (C=O) groups is 1. The monoisotopic (exact) mass is 318 g/mol. The molecule has 0 amide bonds. The Labute approximate surface area is 135 Å². The van der Waals surface area contributed by atoms with E-state index >= 15 is 0 Å². The van der Waals surface area contributed by atoms with Crippen LogP contribution in [0.1, 0.15) is 29.3 Å². The first kappa shape index (κ1) is 16.2. The first-order chi connectivity index (χ1) is 10.5. The number of nitrogens with one attached hydrogen (secondary N) is 1. The van der Waals surface area contributed by atoms with Crippen LogP contribution in [0.2, 0.25) is 5.02 Å². The average molecular weight is 319 g/mol. The molecule has 0 aliphatic rings. The van der Waals surface area contributed by atoms with Crippen LogP contribution in [0.5, 0.6) is 0 Å². The lowest BCUT2D eigenvalue weighted by atomic mass is 10.1. The van der Waals surface area contributed by atoms with E-state index in [-0.39, 0.29) is 5.97 Å². The van der Waals surface area contributed by atoms with Gasteiger partial charge in [0.1, 0.15) is 0 Å². The van der Waals surface area contributed by atoms with Gasteiger partial charge in [-0.15, -0.1) is 0 Å². The number of nitrogen functional groups attached to an aromatic ring is 1. The molecule has 2 rings (SSSR count). The van der Waals surface area contributed by atoms with Crippen LogP contribution in [-0.4, -0.2) is 12.6 Å². The standard InChI is InChI=1S/C17H19ClN2O2/c1-3-9-22-17(21)12-7-8-16(14(19)10-12)20-15-6-4-5-13(18)11(15)2/h4-8,10,20H,3,9,19H2,1-2H3. The van der Waals surface area contributed by atoms with E-state index in [2.05, 4.69) is 5.32 Å². The first-order valence-corrected chi connectivity index (χ1v) is 7.49. The zero-order valence-electron chi connectivity index (χ0n) is 12.7. The van der Waals surface area contributed by atoms with Gasteiger partial charge in [0, 0.05) is 10.7 Å². The number of anilines is 3. The van der Waals surface area contributed by atoms with Gasteiger partial charge in [0.25, 0.3) is 0 Å². The number of rotatable bonds is 5. The molecule has 3 N–H and O–H groups in total. The molecule has 0 heterocycles. The highest BCUT2D eigenvalue weighted by atomic mass is 35.5. The predicted molar refractivity (Wildman–Crippen MR) is 90.9 cm³/mol. The number of carbonyl (C=O) groups excluding carboxylic acids is 1. The van der Waals surface area contributed by atoms with E-state index in [1.165, 1.54) is 0 Å². The van der Waals surface area contributed by atoms with E-state index in [9.17, 15) is 4.79 Å². The van der Waals surface area contributed by atoms with Gasteiger partial charge in [-0.3, -0.25) is 0 Å². The van der Waals surface area contributed by atoms with Crippen LogP contribution >= 0.6 is 11.6 Å². The summed E-state index contributed by atoms with van der Waals surface area (Å²) < 4.78 is 5.09. The summed E-state index contributed by atoms with van der Waals surface area (Å²) in [5.41, 5.74) is 9.48. The van der Waals surface area contributed by atoms with E-state index in [1.54, 1.807) is 18.2 Å². The zero-order chi connectivity index (χ0) is 16.1. The number of hydrogen-bond donors (Lipinski definition) is 2. The molecule has 0 aromatic heterocycles. The SMILES string of the molecule is CCCOC(=O)c1ccc(Nc2cccc(Cl)c2C)c(N)c1. The molecule has 0 aliphatic carbocycles. The summed E-state index contributed by atoms with van der Waals surface area (Å²) in [6.07, 6.45) is 0.787. The van der Waals surface area contributed by atoms with Crippen molar-refractivity contribution in [1.82, 2.24) is 0 Å². The Morgan fingerprint density at radius 3 is 2.73 bits per heavy atom. The lowest BCUT2D eigenvalue weighted by Crippen LogP contribution is -2.07. The number of benzene rings is 2. The fraction of sp³-hybridized carbons (Fsp3) is 0.235. The molecular weight excluding hydrogens is 300 g/mol. The summed E-state index contributed by atoms with van der Waals surface area (Å²) in [5, 5.41) is 3.91. The van der Waals surface area contributed by atoms with Crippen molar-refractivity contribution in [2.75, 3.05) is 17.7 Å². The van der Waals surface area contributed by atoms with Gasteiger partial charge >= 0.3 is 5.97 Å². The van der Waals surface area contributed by atoms with Crippen LogP contribution in [0.4, 0.5) is 17.1 Å². The fourth-order valence-corrected chi connectivity index (χ4v) is 2.14. The third-order valence-corrected chi connectivity index (χ3v) is 3.67. The molecule has 0 fully saturated rings. The normalized spacial score (nSPS) is 10.3. The molecule has 0 aliphatic heterocycles. The van der Waals surface area contributed by atoms with Gasteiger partial charge < -0.3 is 15.8 Å². The third-order valence-electron chi connectivity index (χ3n) is 3.26. The largest absolute Gasteiger partial charge is 0.462 e. The maximum atomic E-state index is 11.8. The van der Waals surface area contributed by atoms with Crippen LogP contribution in [0, 0.1) is 6.92 Å². The van der Waals surface area contributed by atoms with Gasteiger partial charge in [-0.2, -0.15) is 0 Å². The molecule has 2 aromatic carbocycles. The minimum absolute atomic E-state index is 0.362. The van der Waals surface area contributed by atoms with Crippen molar-refractivity contribution in [3.63, 3.8) is 0 Å². The molecule has 0 spiro atoms. The number of esters is 1. The van der Waals surface area contributed by atoms with Crippen molar-refractivity contribution in [2.24, 2.45) is 0 Å². The fourth-order valence-electron chi connectivity index (χ4n) is 1.97. The maximum Gasteiger partial charge on any atom is 0.338 e. The topological polar surface area (TPSA) is 64.3 Å². The maximum absolute atomic E-state index is 11.8. The van der Waals surface area contributed by atoms with Crippen LogP contribution in [0.3, 0.4) is 0 Å². The Morgan fingerprint density at radius 2 is 2.05 bits per heavy atom. The molecular formula is C17H19ClN2O2. The van der Waals surface area contributed by atoms with Crippen molar-refractivity contribution < 1.29 is 9.53 Å². The Kier molecular flexibility index (Phi) is 5.28. The Balaban J connectivity index is 2.20. The molecule has 5 heteroatoms. The van der Waals surface area contributed by atoms with E-state index in [1.807, 2.05) is 32.0 Å². The molecule has 0 bridgehead atoms. The summed E-state index contributed by atoms with van der Waals surface area (Å²) in [7, 11) is 0. The van der Waals surface area contributed by atoms with Crippen molar-refractivity contribution >= 4 is 34.6 Å². The van der Waals surface area contributed by atoms with Gasteiger partial charge in [0.05, 0.1) is 23.5 Å². The molecule has 0 atom stereocenters. The minimum Gasteiger partial charge on any atom is -0.462 e. The number of halogens is 1. The van der Waals surface area contributed by atoms with E-state index < -0.39 is 0 Å². The van der Waals surface area contributed by atoms with E-state index in [0.29, 0.717) is 22.9 Å². The van der Waals surface area contributed by atoms with Crippen LogP contribution in [0.15, 0.2) is 36.4 Å². The Bertz CT molecular complexity index is 686. The van der Waals surface area contributed by atoms with Gasteiger partial charge in [-0.25, -0.2) is 4.79 Å². The minimum atomic E-state index is -0.362. The van der Waals surface area contributed by atoms with Gasteiger partial charge in [0.2, 0.25) is 0 Å². The van der Waals surface area contributed by atoms with E-state index in [4.69, 9.17) is 22.1 Å². The van der Waals surface area contributed by atoms with Crippen LogP contribution in [-0.2, 0) is 4.74 Å². The quantitative estimate of drug-likeness (QED) is 0.627. The average Bonchev–Trinajstić information content (AvgIpc) is 2.51. The Hall–Kier alpha value is -2.20. The number of hydrogen-bond acceptors (Lipinski definition) is 4. The molecule has 22 heavy (non-hydrogen) atoms. The van der Waals surface area contributed by atoms with Crippen LogP contribution < -0.4 is 11.1 Å². The lowest BCUT2D eigenvalue weighted by molar-refractivity contribution is 0.0505. The molecule has 4 nitrogen and oxygen atoms in total. The second kappa shape index (κ2) is 7.18. The zero-order valence-corrected chi connectivity index (χ0v) is 13.4. The molecule has 0 saturated heterocycles. The Morgan fingerprint density at radius 1 is 1.27 bits per heavy atom. The number of nitrogens with two attached hydrogens (primary N) is 1. The number of ether oxygens (including phenoxy) is 1. The predicted octanol–water partition coefficient (Wildman–Crippen LogP) is 4.54. The van der Waals surface area contributed by atoms with Gasteiger partial charge in [-0.05, 0) is 49.2 Å². The highest BCUT2D eigenvalue weighted by molar-refractivity contribution is 6.31. The smallest absolute Gasteiger partial charge is 0.338 e.